The summed E-state index contributed by atoms with van der Waals surface area (Å²) in [5.41, 5.74) is 1.33. The first-order valence-corrected chi connectivity index (χ1v) is 7.84. The van der Waals surface area contributed by atoms with E-state index in [9.17, 15) is 0 Å². The molecule has 0 spiro atoms. The molecule has 1 aromatic rings. The second-order valence-electron chi connectivity index (χ2n) is 4.87. The van der Waals surface area contributed by atoms with Crippen molar-refractivity contribution in [2.45, 2.75) is 30.7 Å². The van der Waals surface area contributed by atoms with E-state index in [1.807, 2.05) is 23.9 Å². The van der Waals surface area contributed by atoms with E-state index in [1.54, 1.807) is 0 Å². The molecule has 1 heterocycles. The predicted molar refractivity (Wildman–Crippen MR) is 78.4 cm³/mol. The molecule has 2 N–H and O–H groups in total. The molecule has 1 aliphatic heterocycles. The van der Waals surface area contributed by atoms with Crippen LogP contribution in [-0.2, 0) is 0 Å². The third-order valence-corrected chi connectivity index (χ3v) is 4.97. The predicted octanol–water partition coefficient (Wildman–Crippen LogP) is 3.49. The Morgan fingerprint density at radius 1 is 1.56 bits per heavy atom. The van der Waals surface area contributed by atoms with Crippen LogP contribution in [0.5, 0.6) is 0 Å². The first-order chi connectivity index (χ1) is 8.72. The second kappa shape index (κ2) is 6.80. The van der Waals surface area contributed by atoms with Crippen LogP contribution in [0.3, 0.4) is 0 Å². The molecule has 4 heteroatoms. The minimum atomic E-state index is 0.270. The first kappa shape index (κ1) is 14.2. The molecule has 0 saturated heterocycles. The van der Waals surface area contributed by atoms with E-state index in [1.165, 1.54) is 10.5 Å². The van der Waals surface area contributed by atoms with Gasteiger partial charge in [0.15, 0.2) is 0 Å². The average Bonchev–Trinajstić information content (AvgIpc) is 2.37. The number of halogens is 1. The summed E-state index contributed by atoms with van der Waals surface area (Å²) in [5, 5.41) is 13.4. The van der Waals surface area contributed by atoms with Crippen LogP contribution >= 0.6 is 23.4 Å². The zero-order valence-corrected chi connectivity index (χ0v) is 12.2. The Bertz CT molecular complexity index is 399. The highest BCUT2D eigenvalue weighted by atomic mass is 35.5. The lowest BCUT2D eigenvalue weighted by Gasteiger charge is -2.27. The second-order valence-corrected chi connectivity index (χ2v) is 6.39. The lowest BCUT2D eigenvalue weighted by atomic mass is 10.0. The first-order valence-electron chi connectivity index (χ1n) is 6.48. The minimum absolute atomic E-state index is 0.270. The molecule has 1 aliphatic rings. The maximum absolute atomic E-state index is 8.92. The van der Waals surface area contributed by atoms with Crippen LogP contribution in [-0.4, -0.2) is 24.0 Å². The van der Waals surface area contributed by atoms with Gasteiger partial charge in [0.2, 0.25) is 0 Å². The number of fused-ring (bicyclic) bond motifs is 1. The van der Waals surface area contributed by atoms with Crippen LogP contribution < -0.4 is 5.32 Å². The molecule has 0 fully saturated rings. The van der Waals surface area contributed by atoms with Crippen molar-refractivity contribution in [2.75, 3.05) is 18.9 Å². The van der Waals surface area contributed by atoms with Gasteiger partial charge in [0, 0.05) is 17.5 Å². The maximum atomic E-state index is 8.92. The molecule has 2 atom stereocenters. The quantitative estimate of drug-likeness (QED) is 0.869. The van der Waals surface area contributed by atoms with Gasteiger partial charge in [-0.15, -0.1) is 11.8 Å². The molecule has 0 saturated carbocycles. The highest BCUT2D eigenvalue weighted by Gasteiger charge is 2.22. The van der Waals surface area contributed by atoms with Crippen LogP contribution in [0.15, 0.2) is 23.1 Å². The number of hydrogen-bond donors (Lipinski definition) is 2. The van der Waals surface area contributed by atoms with E-state index in [-0.39, 0.29) is 6.61 Å². The Kier molecular flexibility index (Phi) is 5.37. The number of nitrogens with one attached hydrogen (secondary N) is 1. The molecule has 0 bridgehead atoms. The molecular formula is C14H20ClNOS. The van der Waals surface area contributed by atoms with Crippen molar-refractivity contribution in [1.29, 1.82) is 0 Å². The maximum Gasteiger partial charge on any atom is 0.0545 e. The van der Waals surface area contributed by atoms with E-state index >= 15 is 0 Å². The molecule has 18 heavy (non-hydrogen) atoms. The summed E-state index contributed by atoms with van der Waals surface area (Å²) in [7, 11) is 0. The number of thioether (sulfide) groups is 1. The van der Waals surface area contributed by atoms with E-state index in [0.717, 1.165) is 30.2 Å². The Balaban J connectivity index is 2.02. The molecule has 0 amide bonds. The molecular weight excluding hydrogens is 266 g/mol. The SMILES string of the molecule is CC(CCO)CNC1CCSc2c(Cl)cccc21. The van der Waals surface area contributed by atoms with Gasteiger partial charge >= 0.3 is 0 Å². The van der Waals surface area contributed by atoms with Crippen molar-refractivity contribution in [3.8, 4) is 0 Å². The third-order valence-electron chi connectivity index (χ3n) is 3.36. The van der Waals surface area contributed by atoms with Crippen LogP contribution in [0.2, 0.25) is 5.02 Å². The fraction of sp³-hybridized carbons (Fsp3) is 0.571. The van der Waals surface area contributed by atoms with Crippen molar-refractivity contribution in [1.82, 2.24) is 5.32 Å². The fourth-order valence-corrected chi connectivity index (χ4v) is 3.75. The van der Waals surface area contributed by atoms with Gasteiger partial charge in [-0.2, -0.15) is 0 Å². The van der Waals surface area contributed by atoms with Gasteiger partial charge < -0.3 is 10.4 Å². The molecule has 1 aromatic carbocycles. The number of benzene rings is 1. The highest BCUT2D eigenvalue weighted by molar-refractivity contribution is 7.99. The topological polar surface area (TPSA) is 32.3 Å². The van der Waals surface area contributed by atoms with Crippen LogP contribution in [0.1, 0.15) is 31.4 Å². The van der Waals surface area contributed by atoms with Crippen LogP contribution in [0, 0.1) is 5.92 Å². The molecule has 0 radical (unpaired) electrons. The van der Waals surface area contributed by atoms with E-state index in [2.05, 4.69) is 18.3 Å². The van der Waals surface area contributed by atoms with E-state index in [0.29, 0.717) is 12.0 Å². The van der Waals surface area contributed by atoms with Crippen LogP contribution in [0.4, 0.5) is 0 Å². The largest absolute Gasteiger partial charge is 0.396 e. The fourth-order valence-electron chi connectivity index (χ4n) is 2.26. The van der Waals surface area contributed by atoms with Crippen molar-refractivity contribution < 1.29 is 5.11 Å². The lowest BCUT2D eigenvalue weighted by molar-refractivity contribution is 0.257. The summed E-state index contributed by atoms with van der Waals surface area (Å²) in [6.45, 7) is 3.38. The highest BCUT2D eigenvalue weighted by Crippen LogP contribution is 2.40. The zero-order chi connectivity index (χ0) is 13.0. The van der Waals surface area contributed by atoms with Gasteiger partial charge in [-0.3, -0.25) is 0 Å². The van der Waals surface area contributed by atoms with Gasteiger partial charge in [0.25, 0.3) is 0 Å². The summed E-state index contributed by atoms with van der Waals surface area (Å²) in [6, 6.07) is 6.56. The Morgan fingerprint density at radius 2 is 2.39 bits per heavy atom. The summed E-state index contributed by atoms with van der Waals surface area (Å²) in [5.74, 6) is 1.62. The molecule has 2 rings (SSSR count). The summed E-state index contributed by atoms with van der Waals surface area (Å²) in [6.07, 6.45) is 2.00. The minimum Gasteiger partial charge on any atom is -0.396 e. The molecule has 0 aliphatic carbocycles. The van der Waals surface area contributed by atoms with Gasteiger partial charge in [-0.25, -0.2) is 0 Å². The van der Waals surface area contributed by atoms with E-state index in [4.69, 9.17) is 16.7 Å². The summed E-state index contributed by atoms with van der Waals surface area (Å²) >= 11 is 8.09. The molecule has 2 nitrogen and oxygen atoms in total. The Morgan fingerprint density at radius 3 is 3.17 bits per heavy atom. The third kappa shape index (κ3) is 3.41. The van der Waals surface area contributed by atoms with Gasteiger partial charge in [0.05, 0.1) is 5.02 Å². The van der Waals surface area contributed by atoms with Crippen molar-refractivity contribution in [2.24, 2.45) is 5.92 Å². The summed E-state index contributed by atoms with van der Waals surface area (Å²) < 4.78 is 0. The average molecular weight is 286 g/mol. The number of aliphatic hydroxyl groups excluding tert-OH is 1. The molecule has 100 valence electrons. The number of rotatable bonds is 5. The number of aliphatic hydroxyl groups is 1. The zero-order valence-electron chi connectivity index (χ0n) is 10.7. The van der Waals surface area contributed by atoms with Gasteiger partial charge in [0.1, 0.15) is 0 Å². The molecule has 0 aromatic heterocycles. The summed E-state index contributed by atoms with van der Waals surface area (Å²) in [4.78, 5) is 1.23. The molecule has 2 unspecified atom stereocenters. The smallest absolute Gasteiger partial charge is 0.0545 e. The Labute approximate surface area is 118 Å². The van der Waals surface area contributed by atoms with Gasteiger partial charge in [-0.05, 0) is 42.7 Å². The van der Waals surface area contributed by atoms with Crippen molar-refractivity contribution >= 4 is 23.4 Å². The lowest BCUT2D eigenvalue weighted by Crippen LogP contribution is -2.29. The Hall–Kier alpha value is -0.220. The van der Waals surface area contributed by atoms with Crippen molar-refractivity contribution in [3.63, 3.8) is 0 Å². The standard InChI is InChI=1S/C14H20ClNOS/c1-10(5-7-17)9-16-13-6-8-18-14-11(13)3-2-4-12(14)15/h2-4,10,13,16-17H,5-9H2,1H3. The van der Waals surface area contributed by atoms with Crippen LogP contribution in [0.25, 0.3) is 0 Å². The van der Waals surface area contributed by atoms with Crippen molar-refractivity contribution in [3.05, 3.63) is 28.8 Å². The monoisotopic (exact) mass is 285 g/mol. The normalized spacial score (nSPS) is 20.5. The van der Waals surface area contributed by atoms with E-state index < -0.39 is 0 Å². The number of hydrogen-bond acceptors (Lipinski definition) is 3. The van der Waals surface area contributed by atoms with Gasteiger partial charge in [-0.1, -0.05) is 30.7 Å².